The first-order valence-corrected chi connectivity index (χ1v) is 8.85. The molecule has 21 heavy (non-hydrogen) atoms. The number of hydrogen-bond donors (Lipinski definition) is 0. The second kappa shape index (κ2) is 5.19. The number of ketones is 1. The van der Waals surface area contributed by atoms with Gasteiger partial charge in [-0.2, -0.15) is 4.31 Å². The molecule has 0 N–H and O–H groups in total. The van der Waals surface area contributed by atoms with Crippen LogP contribution in [-0.4, -0.2) is 44.6 Å². The Morgan fingerprint density at radius 2 is 1.90 bits per heavy atom. The number of Topliss-reactive ketones (excluding diaryl/α,β-unsaturated/α-hetero) is 1. The monoisotopic (exact) mass is 309 g/mol. The Morgan fingerprint density at radius 1 is 1.24 bits per heavy atom. The van der Waals surface area contributed by atoms with Crippen LogP contribution in [0.5, 0.6) is 0 Å². The molecule has 0 amide bonds. The minimum Gasteiger partial charge on any atom is -0.365 e. The summed E-state index contributed by atoms with van der Waals surface area (Å²) in [4.78, 5) is 12.4. The van der Waals surface area contributed by atoms with Crippen molar-refractivity contribution < 1.29 is 17.9 Å². The molecule has 0 aromatic heterocycles. The van der Waals surface area contributed by atoms with Crippen LogP contribution in [0.1, 0.15) is 17.9 Å². The Morgan fingerprint density at radius 3 is 2.48 bits per heavy atom. The standard InChI is InChI=1S/C15H19NO4S/c1-20-15-14-12(9-16(15)21(2,18)19)11(8-13(14)17)10-6-4-3-5-7-10/h3-7,11-12,14-15H,8-9H2,1-2H3/t11-,12+,14+,15+/m0/s1. The van der Waals surface area contributed by atoms with Gasteiger partial charge in [-0.1, -0.05) is 30.3 Å². The number of methoxy groups -OCH3 is 1. The van der Waals surface area contributed by atoms with Gasteiger partial charge in [0.1, 0.15) is 12.0 Å². The number of nitrogens with zero attached hydrogens (tertiary/aromatic N) is 1. The zero-order valence-electron chi connectivity index (χ0n) is 12.1. The molecule has 1 saturated carbocycles. The number of benzene rings is 1. The number of carbonyl (C=O) groups is 1. The Kier molecular flexibility index (Phi) is 3.63. The third-order valence-corrected chi connectivity index (χ3v) is 5.86. The summed E-state index contributed by atoms with van der Waals surface area (Å²) in [7, 11) is -1.91. The minimum atomic E-state index is -3.38. The number of sulfonamides is 1. The molecule has 1 heterocycles. The van der Waals surface area contributed by atoms with Crippen molar-refractivity contribution in [3.63, 3.8) is 0 Å². The van der Waals surface area contributed by atoms with Crippen LogP contribution in [-0.2, 0) is 19.6 Å². The second-order valence-corrected chi connectivity index (χ2v) is 7.77. The van der Waals surface area contributed by atoms with Crippen LogP contribution in [0.15, 0.2) is 30.3 Å². The highest BCUT2D eigenvalue weighted by atomic mass is 32.2. The molecular formula is C15H19NO4S. The summed E-state index contributed by atoms with van der Waals surface area (Å²) < 4.78 is 30.5. The predicted octanol–water partition coefficient (Wildman–Crippen LogP) is 1.22. The lowest BCUT2D eigenvalue weighted by Gasteiger charge is -2.23. The van der Waals surface area contributed by atoms with Crippen LogP contribution in [0.3, 0.4) is 0 Å². The van der Waals surface area contributed by atoms with E-state index in [1.807, 2.05) is 30.3 Å². The van der Waals surface area contributed by atoms with Gasteiger partial charge in [-0.25, -0.2) is 8.42 Å². The molecular weight excluding hydrogens is 290 g/mol. The fourth-order valence-corrected chi connectivity index (χ4v) is 4.79. The molecule has 0 spiro atoms. The molecule has 1 aliphatic carbocycles. The van der Waals surface area contributed by atoms with Crippen LogP contribution >= 0.6 is 0 Å². The molecule has 0 unspecified atom stereocenters. The van der Waals surface area contributed by atoms with E-state index in [-0.39, 0.29) is 23.5 Å². The van der Waals surface area contributed by atoms with Crippen molar-refractivity contribution in [3.8, 4) is 0 Å². The van der Waals surface area contributed by atoms with E-state index in [2.05, 4.69) is 0 Å². The van der Waals surface area contributed by atoms with Gasteiger partial charge in [-0.3, -0.25) is 4.79 Å². The maximum Gasteiger partial charge on any atom is 0.213 e. The molecule has 1 aromatic rings. The topological polar surface area (TPSA) is 63.7 Å². The number of ether oxygens (including phenoxy) is 1. The highest BCUT2D eigenvalue weighted by Crippen LogP contribution is 2.49. The summed E-state index contributed by atoms with van der Waals surface area (Å²) in [6.07, 6.45) is 0.977. The van der Waals surface area contributed by atoms with Gasteiger partial charge in [0.2, 0.25) is 10.0 Å². The van der Waals surface area contributed by atoms with Gasteiger partial charge in [0.05, 0.1) is 12.2 Å². The SMILES string of the molecule is CO[C@@H]1[C@H]2C(=O)C[C@@H](c3ccccc3)[C@H]2CN1S(C)(=O)=O. The number of carbonyl (C=O) groups excluding carboxylic acids is 1. The first-order valence-electron chi connectivity index (χ1n) is 7.00. The molecule has 3 rings (SSSR count). The average Bonchev–Trinajstić information content (AvgIpc) is 2.97. The predicted molar refractivity (Wildman–Crippen MR) is 78.1 cm³/mol. The number of rotatable bonds is 3. The lowest BCUT2D eigenvalue weighted by molar-refractivity contribution is -0.126. The van der Waals surface area contributed by atoms with Gasteiger partial charge >= 0.3 is 0 Å². The van der Waals surface area contributed by atoms with E-state index < -0.39 is 16.3 Å². The molecule has 114 valence electrons. The minimum absolute atomic E-state index is 0.000394. The second-order valence-electron chi connectivity index (χ2n) is 5.84. The van der Waals surface area contributed by atoms with Gasteiger partial charge < -0.3 is 4.74 Å². The van der Waals surface area contributed by atoms with Gasteiger partial charge in [0.15, 0.2) is 0 Å². The molecule has 6 heteroatoms. The lowest BCUT2D eigenvalue weighted by Crippen LogP contribution is -2.40. The normalized spacial score (nSPS) is 33.3. The van der Waals surface area contributed by atoms with E-state index in [0.717, 1.165) is 5.56 Å². The average molecular weight is 309 g/mol. The van der Waals surface area contributed by atoms with E-state index in [1.54, 1.807) is 0 Å². The Hall–Kier alpha value is -1.24. The zero-order chi connectivity index (χ0) is 15.2. The molecule has 2 fully saturated rings. The Balaban J connectivity index is 1.97. The summed E-state index contributed by atoms with van der Waals surface area (Å²) in [6, 6.07) is 9.85. The fraction of sp³-hybridized carbons (Fsp3) is 0.533. The van der Waals surface area contributed by atoms with Crippen LogP contribution in [0.4, 0.5) is 0 Å². The maximum atomic E-state index is 12.4. The van der Waals surface area contributed by atoms with Crippen molar-refractivity contribution in [3.05, 3.63) is 35.9 Å². The summed E-state index contributed by atoms with van der Waals surface area (Å²) in [5.41, 5.74) is 1.10. The summed E-state index contributed by atoms with van der Waals surface area (Å²) in [5.74, 6) is -0.172. The van der Waals surface area contributed by atoms with E-state index in [4.69, 9.17) is 4.74 Å². The zero-order valence-corrected chi connectivity index (χ0v) is 12.9. The van der Waals surface area contributed by atoms with Gasteiger partial charge in [0.25, 0.3) is 0 Å². The van der Waals surface area contributed by atoms with Crippen molar-refractivity contribution in [2.75, 3.05) is 19.9 Å². The maximum absolute atomic E-state index is 12.4. The van der Waals surface area contributed by atoms with E-state index in [0.29, 0.717) is 13.0 Å². The van der Waals surface area contributed by atoms with Crippen molar-refractivity contribution >= 4 is 15.8 Å². The quantitative estimate of drug-likeness (QED) is 0.842. The third-order valence-electron chi connectivity index (χ3n) is 4.65. The van der Waals surface area contributed by atoms with Crippen molar-refractivity contribution in [1.29, 1.82) is 0 Å². The van der Waals surface area contributed by atoms with Crippen LogP contribution in [0.25, 0.3) is 0 Å². The molecule has 0 radical (unpaired) electrons. The van der Waals surface area contributed by atoms with Crippen LogP contribution in [0.2, 0.25) is 0 Å². The largest absolute Gasteiger partial charge is 0.365 e. The molecule has 0 bridgehead atoms. The first-order chi connectivity index (χ1) is 9.93. The van der Waals surface area contributed by atoms with Crippen molar-refractivity contribution in [1.82, 2.24) is 4.31 Å². The smallest absolute Gasteiger partial charge is 0.213 e. The van der Waals surface area contributed by atoms with Gasteiger partial charge in [0, 0.05) is 20.1 Å². The number of hydrogen-bond acceptors (Lipinski definition) is 4. The number of fused-ring (bicyclic) bond motifs is 1. The van der Waals surface area contributed by atoms with Crippen LogP contribution < -0.4 is 0 Å². The van der Waals surface area contributed by atoms with E-state index in [1.165, 1.54) is 17.7 Å². The molecule has 1 aliphatic heterocycles. The lowest BCUT2D eigenvalue weighted by atomic mass is 9.86. The summed E-state index contributed by atoms with van der Waals surface area (Å²) in [5, 5.41) is 0. The van der Waals surface area contributed by atoms with Gasteiger partial charge in [-0.05, 0) is 17.4 Å². The molecule has 1 saturated heterocycles. The highest BCUT2D eigenvalue weighted by molar-refractivity contribution is 7.88. The molecule has 4 atom stereocenters. The first kappa shape index (κ1) is 14.7. The summed E-state index contributed by atoms with van der Waals surface area (Å²) in [6.45, 7) is 0.354. The Bertz CT molecular complexity index is 643. The van der Waals surface area contributed by atoms with E-state index >= 15 is 0 Å². The third kappa shape index (κ3) is 2.41. The molecule has 1 aromatic carbocycles. The Labute approximate surface area is 124 Å². The highest BCUT2D eigenvalue weighted by Gasteiger charge is 2.56. The van der Waals surface area contributed by atoms with Crippen molar-refractivity contribution in [2.45, 2.75) is 18.6 Å². The fourth-order valence-electron chi connectivity index (χ4n) is 3.75. The van der Waals surface area contributed by atoms with E-state index in [9.17, 15) is 13.2 Å². The summed E-state index contributed by atoms with van der Waals surface area (Å²) >= 11 is 0. The van der Waals surface area contributed by atoms with Crippen LogP contribution in [0, 0.1) is 11.8 Å². The van der Waals surface area contributed by atoms with Gasteiger partial charge in [-0.15, -0.1) is 0 Å². The molecule has 5 nitrogen and oxygen atoms in total. The van der Waals surface area contributed by atoms with Crippen molar-refractivity contribution in [2.24, 2.45) is 11.8 Å². The molecule has 2 aliphatic rings.